The molecule has 0 atom stereocenters. The maximum atomic E-state index is 11.9. The number of benzene rings is 2. The Labute approximate surface area is 143 Å². The highest BCUT2D eigenvalue weighted by atomic mass is 16.5. The number of methoxy groups -OCH3 is 2. The Morgan fingerprint density at radius 1 is 1.04 bits per heavy atom. The molecule has 0 aliphatic heterocycles. The zero-order chi connectivity index (χ0) is 17.4. The zero-order valence-electron chi connectivity index (χ0n) is 14.4. The van der Waals surface area contributed by atoms with Gasteiger partial charge in [0.1, 0.15) is 11.5 Å². The van der Waals surface area contributed by atoms with Crippen LogP contribution in [0.2, 0.25) is 0 Å². The Morgan fingerprint density at radius 3 is 2.62 bits per heavy atom. The van der Waals surface area contributed by atoms with Gasteiger partial charge in [-0.15, -0.1) is 0 Å². The van der Waals surface area contributed by atoms with Crippen molar-refractivity contribution < 1.29 is 14.3 Å². The van der Waals surface area contributed by atoms with Crippen molar-refractivity contribution in [2.24, 2.45) is 0 Å². The van der Waals surface area contributed by atoms with Crippen LogP contribution >= 0.6 is 0 Å². The van der Waals surface area contributed by atoms with Gasteiger partial charge < -0.3 is 20.1 Å². The van der Waals surface area contributed by atoms with Gasteiger partial charge in [-0.05, 0) is 42.7 Å². The molecule has 0 aliphatic carbocycles. The SMILES string of the molecule is COc1cccc(CNC(=O)NCCc2cc(C)ccc2OC)c1. The lowest BCUT2D eigenvalue weighted by Crippen LogP contribution is -2.36. The highest BCUT2D eigenvalue weighted by Gasteiger charge is 2.05. The lowest BCUT2D eigenvalue weighted by molar-refractivity contribution is 0.240. The molecule has 0 saturated heterocycles. The summed E-state index contributed by atoms with van der Waals surface area (Å²) >= 11 is 0. The smallest absolute Gasteiger partial charge is 0.315 e. The predicted octanol–water partition coefficient (Wildman–Crippen LogP) is 3.05. The minimum Gasteiger partial charge on any atom is -0.497 e. The van der Waals surface area contributed by atoms with Gasteiger partial charge in [0.25, 0.3) is 0 Å². The van der Waals surface area contributed by atoms with Crippen LogP contribution in [0.25, 0.3) is 0 Å². The molecule has 5 heteroatoms. The fraction of sp³-hybridized carbons (Fsp3) is 0.316. The van der Waals surface area contributed by atoms with Crippen molar-refractivity contribution in [1.29, 1.82) is 0 Å². The van der Waals surface area contributed by atoms with E-state index in [1.54, 1.807) is 14.2 Å². The van der Waals surface area contributed by atoms with Crippen molar-refractivity contribution in [3.05, 3.63) is 59.2 Å². The number of rotatable bonds is 7. The fourth-order valence-corrected chi connectivity index (χ4v) is 2.44. The van der Waals surface area contributed by atoms with Crippen LogP contribution < -0.4 is 20.1 Å². The maximum absolute atomic E-state index is 11.9. The third kappa shape index (κ3) is 5.19. The molecule has 0 spiro atoms. The highest BCUT2D eigenvalue weighted by Crippen LogP contribution is 2.19. The number of ether oxygens (including phenoxy) is 2. The molecule has 24 heavy (non-hydrogen) atoms. The van der Waals surface area contributed by atoms with Crippen LogP contribution in [0.15, 0.2) is 42.5 Å². The molecule has 128 valence electrons. The van der Waals surface area contributed by atoms with E-state index in [0.29, 0.717) is 13.1 Å². The van der Waals surface area contributed by atoms with E-state index in [4.69, 9.17) is 9.47 Å². The predicted molar refractivity (Wildman–Crippen MR) is 94.7 cm³/mol. The van der Waals surface area contributed by atoms with Crippen molar-refractivity contribution in [2.45, 2.75) is 19.9 Å². The second kappa shape index (κ2) is 8.82. The standard InChI is InChI=1S/C19H24N2O3/c1-14-7-8-18(24-3)16(11-14)9-10-20-19(22)21-13-15-5-4-6-17(12-15)23-2/h4-8,11-12H,9-10,13H2,1-3H3,(H2,20,21,22). The number of aryl methyl sites for hydroxylation is 1. The van der Waals surface area contributed by atoms with Crippen molar-refractivity contribution in [2.75, 3.05) is 20.8 Å². The first-order chi connectivity index (χ1) is 11.6. The first kappa shape index (κ1) is 17.7. The Hall–Kier alpha value is -2.69. The number of carbonyl (C=O) groups excluding carboxylic acids is 1. The lowest BCUT2D eigenvalue weighted by Gasteiger charge is -2.11. The van der Waals surface area contributed by atoms with Crippen molar-refractivity contribution in [1.82, 2.24) is 10.6 Å². The quantitative estimate of drug-likeness (QED) is 0.821. The van der Waals surface area contributed by atoms with Gasteiger partial charge in [0.05, 0.1) is 14.2 Å². The molecular weight excluding hydrogens is 304 g/mol. The largest absolute Gasteiger partial charge is 0.497 e. The summed E-state index contributed by atoms with van der Waals surface area (Å²) in [5.41, 5.74) is 3.25. The number of carbonyl (C=O) groups is 1. The minimum absolute atomic E-state index is 0.190. The van der Waals surface area contributed by atoms with Gasteiger partial charge in [-0.1, -0.05) is 29.8 Å². The molecule has 2 N–H and O–H groups in total. The van der Waals surface area contributed by atoms with E-state index >= 15 is 0 Å². The van der Waals surface area contributed by atoms with E-state index in [-0.39, 0.29) is 6.03 Å². The fourth-order valence-electron chi connectivity index (χ4n) is 2.44. The van der Waals surface area contributed by atoms with Crippen LogP contribution in [0.4, 0.5) is 4.79 Å². The first-order valence-electron chi connectivity index (χ1n) is 7.90. The van der Waals surface area contributed by atoms with Gasteiger partial charge in [-0.2, -0.15) is 0 Å². The lowest BCUT2D eigenvalue weighted by atomic mass is 10.1. The topological polar surface area (TPSA) is 59.6 Å². The van der Waals surface area contributed by atoms with Crippen LogP contribution in [0.5, 0.6) is 11.5 Å². The minimum atomic E-state index is -0.190. The second-order valence-corrected chi connectivity index (χ2v) is 5.53. The van der Waals surface area contributed by atoms with E-state index in [1.165, 1.54) is 5.56 Å². The summed E-state index contributed by atoms with van der Waals surface area (Å²) in [7, 11) is 3.28. The second-order valence-electron chi connectivity index (χ2n) is 5.53. The molecular formula is C19H24N2O3. The number of hydrogen-bond acceptors (Lipinski definition) is 3. The van der Waals surface area contributed by atoms with E-state index in [1.807, 2.05) is 43.3 Å². The van der Waals surface area contributed by atoms with Crippen LogP contribution in [-0.4, -0.2) is 26.8 Å². The molecule has 0 heterocycles. The summed E-state index contributed by atoms with van der Waals surface area (Å²) in [6, 6.07) is 13.5. The van der Waals surface area contributed by atoms with Gasteiger partial charge in [-0.3, -0.25) is 0 Å². The molecule has 2 aromatic carbocycles. The molecule has 0 aromatic heterocycles. The van der Waals surface area contributed by atoms with E-state index in [0.717, 1.165) is 29.0 Å². The van der Waals surface area contributed by atoms with Gasteiger partial charge in [-0.25, -0.2) is 4.79 Å². The Balaban J connectivity index is 1.78. The monoisotopic (exact) mass is 328 g/mol. The van der Waals surface area contributed by atoms with Crippen LogP contribution in [0, 0.1) is 6.92 Å². The molecule has 0 aliphatic rings. The normalized spacial score (nSPS) is 10.1. The van der Waals surface area contributed by atoms with Crippen LogP contribution in [0.1, 0.15) is 16.7 Å². The molecule has 2 aromatic rings. The number of urea groups is 1. The first-order valence-corrected chi connectivity index (χ1v) is 7.90. The van der Waals surface area contributed by atoms with Gasteiger partial charge in [0.2, 0.25) is 0 Å². The van der Waals surface area contributed by atoms with Crippen molar-refractivity contribution in [3.63, 3.8) is 0 Å². The Bertz CT molecular complexity index is 686. The van der Waals surface area contributed by atoms with Crippen LogP contribution in [-0.2, 0) is 13.0 Å². The average Bonchev–Trinajstić information content (AvgIpc) is 2.60. The summed E-state index contributed by atoms with van der Waals surface area (Å²) in [6.45, 7) is 3.04. The Morgan fingerprint density at radius 2 is 1.88 bits per heavy atom. The summed E-state index contributed by atoms with van der Waals surface area (Å²) in [6.07, 6.45) is 0.720. The third-order valence-corrected chi connectivity index (χ3v) is 3.70. The molecule has 5 nitrogen and oxygen atoms in total. The van der Waals surface area contributed by atoms with Crippen LogP contribution in [0.3, 0.4) is 0 Å². The zero-order valence-corrected chi connectivity index (χ0v) is 14.4. The summed E-state index contributed by atoms with van der Waals surface area (Å²) < 4.78 is 10.5. The van der Waals surface area contributed by atoms with E-state index < -0.39 is 0 Å². The van der Waals surface area contributed by atoms with Crippen molar-refractivity contribution >= 4 is 6.03 Å². The molecule has 0 radical (unpaired) electrons. The van der Waals surface area contributed by atoms with E-state index in [2.05, 4.69) is 16.7 Å². The van der Waals surface area contributed by atoms with Crippen molar-refractivity contribution in [3.8, 4) is 11.5 Å². The summed E-state index contributed by atoms with van der Waals surface area (Å²) in [4.78, 5) is 11.9. The molecule has 0 fully saturated rings. The summed E-state index contributed by atoms with van der Waals surface area (Å²) in [5.74, 6) is 1.63. The molecule has 0 saturated carbocycles. The molecule has 0 bridgehead atoms. The number of hydrogen-bond donors (Lipinski definition) is 2. The molecule has 2 rings (SSSR count). The molecule has 2 amide bonds. The third-order valence-electron chi connectivity index (χ3n) is 3.70. The average molecular weight is 328 g/mol. The van der Waals surface area contributed by atoms with Gasteiger partial charge in [0.15, 0.2) is 0 Å². The highest BCUT2D eigenvalue weighted by molar-refractivity contribution is 5.73. The maximum Gasteiger partial charge on any atom is 0.315 e. The van der Waals surface area contributed by atoms with Gasteiger partial charge in [0, 0.05) is 13.1 Å². The molecule has 0 unspecified atom stereocenters. The Kier molecular flexibility index (Phi) is 6.49. The van der Waals surface area contributed by atoms with Gasteiger partial charge >= 0.3 is 6.03 Å². The van der Waals surface area contributed by atoms with E-state index in [9.17, 15) is 4.79 Å². The summed E-state index contributed by atoms with van der Waals surface area (Å²) in [5, 5.41) is 5.70. The number of nitrogens with one attached hydrogen (secondary N) is 2. The number of amides is 2.